The van der Waals surface area contributed by atoms with Crippen molar-refractivity contribution in [1.82, 2.24) is 14.8 Å². The van der Waals surface area contributed by atoms with E-state index in [9.17, 15) is 23.1 Å². The van der Waals surface area contributed by atoms with Crippen LogP contribution >= 0.6 is 0 Å². The topological polar surface area (TPSA) is 86.5 Å². The van der Waals surface area contributed by atoms with Gasteiger partial charge in [0.25, 0.3) is 0 Å². The molecule has 2 heterocycles. The number of benzene rings is 1. The zero-order chi connectivity index (χ0) is 26.7. The number of nitrogens with zero attached hydrogens (tertiary/aromatic N) is 3. The third-order valence-corrected chi connectivity index (χ3v) is 5.58. The predicted molar refractivity (Wildman–Crippen MR) is 136 cm³/mol. The number of aromatic nitrogens is 3. The molecular weight excluding hydrogens is 515 g/mol. The van der Waals surface area contributed by atoms with Crippen LogP contribution in [0.2, 0.25) is 0 Å². The summed E-state index contributed by atoms with van der Waals surface area (Å²) in [6.45, 7) is 9.23. The molecule has 0 aliphatic rings. The van der Waals surface area contributed by atoms with Crippen molar-refractivity contribution in [3.63, 3.8) is 0 Å². The van der Waals surface area contributed by atoms with E-state index in [0.717, 1.165) is 29.1 Å². The fourth-order valence-corrected chi connectivity index (χ4v) is 3.49. The number of carboxylic acids is 1. The zero-order valence-corrected chi connectivity index (χ0v) is 20.9. The fraction of sp³-hybridized carbons (Fsp3) is 0.423. The number of ether oxygens (including phenoxy) is 2. The van der Waals surface area contributed by atoms with E-state index in [1.807, 2.05) is 20.8 Å². The molecule has 37 heavy (non-hydrogen) atoms. The van der Waals surface area contributed by atoms with Gasteiger partial charge in [-0.25, -0.2) is 14.5 Å². The van der Waals surface area contributed by atoms with Crippen LogP contribution in [-0.2, 0) is 17.4 Å². The minimum atomic E-state index is -4.44. The Kier molecular flexibility index (Phi) is 10.4. The molecule has 1 N–H and O–H groups in total. The summed E-state index contributed by atoms with van der Waals surface area (Å²) in [5.41, 5.74) is 0.518. The molecule has 3 aromatic rings. The van der Waals surface area contributed by atoms with Crippen LogP contribution in [0.25, 0.3) is 5.82 Å². The van der Waals surface area contributed by atoms with Gasteiger partial charge in [0.2, 0.25) is 0 Å². The zero-order valence-electron chi connectivity index (χ0n) is 20.9. The number of pyridine rings is 1. The second kappa shape index (κ2) is 12.5. The fourth-order valence-electron chi connectivity index (χ4n) is 3.49. The van der Waals surface area contributed by atoms with Gasteiger partial charge < -0.3 is 14.6 Å². The summed E-state index contributed by atoms with van der Waals surface area (Å²) in [7, 11) is 0. The van der Waals surface area contributed by atoms with Gasteiger partial charge in [0, 0.05) is 18.5 Å². The second-order valence-corrected chi connectivity index (χ2v) is 9.34. The van der Waals surface area contributed by atoms with Crippen molar-refractivity contribution >= 4 is 43.7 Å². The molecule has 0 unspecified atom stereocenters. The van der Waals surface area contributed by atoms with E-state index in [2.05, 4.69) is 10.1 Å². The van der Waals surface area contributed by atoms with Crippen molar-refractivity contribution in [2.24, 2.45) is 0 Å². The van der Waals surface area contributed by atoms with Gasteiger partial charge in [0.05, 0.1) is 17.9 Å². The van der Waals surface area contributed by atoms with Gasteiger partial charge >= 0.3 is 49.9 Å². The predicted octanol–water partition coefficient (Wildman–Crippen LogP) is 5.06. The number of hydrogen-bond acceptors (Lipinski definition) is 5. The first kappa shape index (κ1) is 30.9. The van der Waals surface area contributed by atoms with Crippen LogP contribution in [0.5, 0.6) is 11.5 Å². The number of carbonyl (C=O) groups is 1. The third-order valence-electron chi connectivity index (χ3n) is 5.58. The van der Waals surface area contributed by atoms with E-state index >= 15 is 0 Å². The van der Waals surface area contributed by atoms with Gasteiger partial charge in [-0.05, 0) is 68.9 Å². The van der Waals surface area contributed by atoms with Crippen LogP contribution in [0.1, 0.15) is 62.4 Å². The normalized spacial score (nSPS) is 11.8. The maximum absolute atomic E-state index is 12.8. The van der Waals surface area contributed by atoms with E-state index in [1.165, 1.54) is 24.6 Å². The van der Waals surface area contributed by atoms with E-state index in [0.29, 0.717) is 36.8 Å². The Morgan fingerprint density at radius 1 is 1.16 bits per heavy atom. The number of rotatable bonds is 10. The van der Waals surface area contributed by atoms with E-state index in [4.69, 9.17) is 9.47 Å². The van der Waals surface area contributed by atoms with Crippen LogP contribution in [0.15, 0.2) is 42.7 Å². The molecule has 0 aliphatic heterocycles. The molecule has 7 nitrogen and oxygen atoms in total. The minimum absolute atomic E-state index is 0. The Morgan fingerprint density at radius 2 is 1.86 bits per heavy atom. The molecule has 0 fully saturated rings. The average Bonchev–Trinajstić information content (AvgIpc) is 3.22. The number of aryl methyl sites for hydroxylation is 2. The summed E-state index contributed by atoms with van der Waals surface area (Å²) in [6.07, 6.45) is -0.539. The summed E-state index contributed by atoms with van der Waals surface area (Å²) >= 11 is 0. The second-order valence-electron chi connectivity index (χ2n) is 9.34. The third kappa shape index (κ3) is 8.09. The van der Waals surface area contributed by atoms with Crippen LogP contribution in [0.3, 0.4) is 0 Å². The summed E-state index contributed by atoms with van der Waals surface area (Å²) < 4.78 is 51.5. The number of hydrogen-bond donors (Lipinski definition) is 1. The van der Waals surface area contributed by atoms with Crippen molar-refractivity contribution in [3.05, 3.63) is 65.1 Å². The van der Waals surface area contributed by atoms with Crippen molar-refractivity contribution in [2.45, 2.75) is 65.2 Å². The summed E-state index contributed by atoms with van der Waals surface area (Å²) in [4.78, 5) is 15.3. The van der Waals surface area contributed by atoms with Crippen molar-refractivity contribution in [1.29, 1.82) is 0 Å². The first-order valence-electron chi connectivity index (χ1n) is 11.6. The molecule has 0 saturated carbocycles. The molecule has 3 rings (SSSR count). The standard InChI is InChI=1S/C26H30F3N3O4.Ca.2H/c1-16(2)23-18(15-32(31-23)22-11-9-19(14-30-22)26(27,28)29)7-6-12-35-21-13-20(10-8-17(21)3)36-25(4,5)24(33)34;;;/h8-11,13-16H,6-7,12H2,1-5H3,(H,33,34);;;. The number of halogens is 3. The molecule has 1 aromatic carbocycles. The molecular formula is C26H32CaF3N3O4. The molecule has 0 radical (unpaired) electrons. The first-order chi connectivity index (χ1) is 16.8. The van der Waals surface area contributed by atoms with Gasteiger partial charge in [-0.15, -0.1) is 0 Å². The maximum atomic E-state index is 12.8. The molecule has 0 saturated heterocycles. The quantitative estimate of drug-likeness (QED) is 0.282. The molecule has 11 heteroatoms. The molecule has 0 amide bonds. The van der Waals surface area contributed by atoms with Crippen LogP contribution in [0.4, 0.5) is 13.2 Å². The Hall–Kier alpha value is -2.30. The summed E-state index contributed by atoms with van der Waals surface area (Å²) in [6, 6.07) is 7.47. The van der Waals surface area contributed by atoms with Gasteiger partial charge in [0.15, 0.2) is 11.4 Å². The van der Waals surface area contributed by atoms with Gasteiger partial charge in [-0.3, -0.25) is 0 Å². The number of carboxylic acid groups (broad SMARTS) is 1. The van der Waals surface area contributed by atoms with Gasteiger partial charge in [-0.2, -0.15) is 18.3 Å². The van der Waals surface area contributed by atoms with E-state index < -0.39 is 23.3 Å². The van der Waals surface area contributed by atoms with Gasteiger partial charge in [-0.1, -0.05) is 19.9 Å². The molecule has 0 atom stereocenters. The summed E-state index contributed by atoms with van der Waals surface area (Å²) in [5.74, 6) is 0.353. The molecule has 2 aromatic heterocycles. The molecule has 0 aliphatic carbocycles. The van der Waals surface area contributed by atoms with Crippen molar-refractivity contribution in [2.75, 3.05) is 6.61 Å². The monoisotopic (exact) mass is 547 g/mol. The molecule has 198 valence electrons. The molecule has 0 spiro atoms. The van der Waals surface area contributed by atoms with Crippen LogP contribution in [0, 0.1) is 6.92 Å². The Balaban J connectivity index is 0.00000481. The summed E-state index contributed by atoms with van der Waals surface area (Å²) in [5, 5.41) is 13.8. The average molecular weight is 548 g/mol. The van der Waals surface area contributed by atoms with Gasteiger partial charge in [0.1, 0.15) is 11.5 Å². The Morgan fingerprint density at radius 3 is 2.43 bits per heavy atom. The number of aliphatic carboxylic acids is 1. The van der Waals surface area contributed by atoms with Crippen LogP contribution in [-0.4, -0.2) is 75.8 Å². The SMILES string of the molecule is Cc1ccc(OC(C)(C)C(=O)O)cc1OCCCc1cn(-c2ccc(C(F)(F)F)cn2)nc1C(C)C.[CaH2]. The van der Waals surface area contributed by atoms with E-state index in [1.54, 1.807) is 24.4 Å². The Labute approximate surface area is 244 Å². The van der Waals surface area contributed by atoms with Crippen molar-refractivity contribution in [3.8, 4) is 17.3 Å². The number of alkyl halides is 3. The Bertz CT molecular complexity index is 1210. The van der Waals surface area contributed by atoms with Crippen LogP contribution < -0.4 is 9.47 Å². The van der Waals surface area contributed by atoms with Crippen molar-refractivity contribution < 1.29 is 32.5 Å². The molecule has 0 bridgehead atoms. The van der Waals surface area contributed by atoms with E-state index in [-0.39, 0.29) is 43.7 Å². The first-order valence-corrected chi connectivity index (χ1v) is 11.6.